The lowest BCUT2D eigenvalue weighted by Gasteiger charge is -2.23. The molecule has 1 aliphatic carbocycles. The Bertz CT molecular complexity index is 328. The van der Waals surface area contributed by atoms with Gasteiger partial charge in [0, 0.05) is 12.8 Å². The third kappa shape index (κ3) is 2.70. The van der Waals surface area contributed by atoms with Gasteiger partial charge in [0.25, 0.3) is 0 Å². The van der Waals surface area contributed by atoms with Gasteiger partial charge in [-0.25, -0.2) is 0 Å². The first kappa shape index (κ1) is 12.0. The quantitative estimate of drug-likeness (QED) is 0.535. The van der Waals surface area contributed by atoms with Crippen molar-refractivity contribution in [3.8, 4) is 12.1 Å². The number of nitrogens with zero attached hydrogens (tertiary/aromatic N) is 2. The Labute approximate surface area is 94.6 Å². The molecule has 15 heavy (non-hydrogen) atoms. The molecule has 2 atom stereocenters. The predicted molar refractivity (Wildman–Crippen MR) is 56.0 cm³/mol. The zero-order chi connectivity index (χ0) is 11.3. The maximum atomic E-state index is 11.8. The van der Waals surface area contributed by atoms with E-state index >= 15 is 0 Å². The Morgan fingerprint density at radius 1 is 1.40 bits per heavy atom. The Balaban J connectivity index is 2.86. The molecular formula is C11H13ClN2O. The summed E-state index contributed by atoms with van der Waals surface area (Å²) in [6, 6.07) is 3.96. The van der Waals surface area contributed by atoms with Gasteiger partial charge in [-0.2, -0.15) is 10.5 Å². The van der Waals surface area contributed by atoms with Crippen LogP contribution in [0.15, 0.2) is 0 Å². The van der Waals surface area contributed by atoms with E-state index in [9.17, 15) is 4.79 Å². The zero-order valence-corrected chi connectivity index (χ0v) is 9.26. The van der Waals surface area contributed by atoms with Crippen molar-refractivity contribution < 1.29 is 4.79 Å². The summed E-state index contributed by atoms with van der Waals surface area (Å²) in [4.78, 5) is 11.8. The van der Waals surface area contributed by atoms with Gasteiger partial charge in [-0.3, -0.25) is 4.79 Å². The molecule has 4 heteroatoms. The average Bonchev–Trinajstić information content (AvgIpc) is 2.42. The summed E-state index contributed by atoms with van der Waals surface area (Å²) in [7, 11) is 0. The number of hydrogen-bond donors (Lipinski definition) is 0. The van der Waals surface area contributed by atoms with Crippen molar-refractivity contribution in [2.75, 3.05) is 0 Å². The summed E-state index contributed by atoms with van der Waals surface area (Å²) in [6.07, 6.45) is 3.86. The van der Waals surface area contributed by atoms with Crippen LogP contribution in [0, 0.1) is 28.1 Å². The number of rotatable bonds is 2. The van der Waals surface area contributed by atoms with Crippen LogP contribution in [0.4, 0.5) is 0 Å². The zero-order valence-electron chi connectivity index (χ0n) is 8.50. The molecule has 0 aliphatic heterocycles. The van der Waals surface area contributed by atoms with E-state index < -0.39 is 10.8 Å². The van der Waals surface area contributed by atoms with Gasteiger partial charge in [0.2, 0.25) is 0 Å². The van der Waals surface area contributed by atoms with Crippen LogP contribution in [-0.2, 0) is 4.79 Å². The second-order valence-corrected chi connectivity index (χ2v) is 4.51. The topological polar surface area (TPSA) is 64.7 Å². The largest absolute Gasteiger partial charge is 0.298 e. The van der Waals surface area contributed by atoms with Crippen molar-refractivity contribution in [3.63, 3.8) is 0 Å². The fraction of sp³-hybridized carbons (Fsp3) is 0.727. The summed E-state index contributed by atoms with van der Waals surface area (Å²) < 4.78 is 0. The maximum absolute atomic E-state index is 11.8. The van der Waals surface area contributed by atoms with Crippen LogP contribution in [-0.4, -0.2) is 11.2 Å². The molecule has 1 fully saturated rings. The number of alkyl halides is 1. The minimum absolute atomic E-state index is 0.0385. The van der Waals surface area contributed by atoms with E-state index in [-0.39, 0.29) is 12.2 Å². The summed E-state index contributed by atoms with van der Waals surface area (Å²) in [5, 5.41) is 17.0. The number of Topliss-reactive ketones (excluding diaryl/α,β-unsaturated/α-hetero) is 1. The van der Waals surface area contributed by atoms with Gasteiger partial charge < -0.3 is 0 Å². The van der Waals surface area contributed by atoms with Crippen molar-refractivity contribution in [1.82, 2.24) is 0 Å². The summed E-state index contributed by atoms with van der Waals surface area (Å²) in [5.74, 6) is -0.0385. The predicted octanol–water partition coefficient (Wildman–Crippen LogP) is 2.55. The molecule has 80 valence electrons. The molecule has 0 aromatic carbocycles. The second-order valence-electron chi connectivity index (χ2n) is 3.98. The van der Waals surface area contributed by atoms with Gasteiger partial charge in [-0.1, -0.05) is 12.8 Å². The molecule has 1 rings (SSSR count). The number of carbonyl (C=O) groups is 1. The fourth-order valence-corrected chi connectivity index (χ4v) is 2.26. The number of ketones is 1. The molecule has 0 bridgehead atoms. The molecule has 0 unspecified atom stereocenters. The first-order valence-corrected chi connectivity index (χ1v) is 5.56. The van der Waals surface area contributed by atoms with Crippen LogP contribution in [0.25, 0.3) is 0 Å². The summed E-state index contributed by atoms with van der Waals surface area (Å²) >= 11 is 5.72. The first-order valence-electron chi connectivity index (χ1n) is 5.13. The number of carbonyl (C=O) groups excluding carboxylic acids is 1. The number of hydrogen-bond acceptors (Lipinski definition) is 3. The van der Waals surface area contributed by atoms with Gasteiger partial charge in [0.1, 0.15) is 10.8 Å². The molecule has 1 saturated carbocycles. The molecular weight excluding hydrogens is 212 g/mol. The minimum Gasteiger partial charge on any atom is -0.298 e. The lowest BCUT2D eigenvalue weighted by Crippen LogP contribution is -2.31. The molecule has 3 nitrogen and oxygen atoms in total. The van der Waals surface area contributed by atoms with Crippen LogP contribution in [0.5, 0.6) is 0 Å². The van der Waals surface area contributed by atoms with E-state index in [1.54, 1.807) is 0 Å². The van der Waals surface area contributed by atoms with Crippen molar-refractivity contribution in [3.05, 3.63) is 0 Å². The van der Waals surface area contributed by atoms with E-state index in [2.05, 4.69) is 6.07 Å². The van der Waals surface area contributed by atoms with Crippen molar-refractivity contribution in [2.24, 2.45) is 5.41 Å². The lowest BCUT2D eigenvalue weighted by molar-refractivity contribution is -0.126. The summed E-state index contributed by atoms with van der Waals surface area (Å²) in [6.45, 7) is 0. The minimum atomic E-state index is -1.00. The van der Waals surface area contributed by atoms with Crippen LogP contribution in [0.2, 0.25) is 0 Å². The van der Waals surface area contributed by atoms with Crippen molar-refractivity contribution >= 4 is 17.4 Å². The monoisotopic (exact) mass is 224 g/mol. The molecule has 0 aromatic heterocycles. The van der Waals surface area contributed by atoms with Gasteiger partial charge in [-0.15, -0.1) is 11.6 Å². The lowest BCUT2D eigenvalue weighted by atomic mass is 9.77. The standard InChI is InChI=1S/C11H13ClN2O/c12-9(7-13)6-11(8-14)5-3-1-2-4-10(11)15/h9H,1-6H2/t9-,11+/m1/s1. The van der Waals surface area contributed by atoms with Crippen LogP contribution in [0.3, 0.4) is 0 Å². The van der Waals surface area contributed by atoms with Crippen molar-refractivity contribution in [1.29, 1.82) is 10.5 Å². The normalized spacial score (nSPS) is 28.6. The average molecular weight is 225 g/mol. The fourth-order valence-electron chi connectivity index (χ4n) is 2.00. The first-order chi connectivity index (χ1) is 7.14. The number of halogens is 1. The Morgan fingerprint density at radius 3 is 2.73 bits per heavy atom. The molecule has 0 saturated heterocycles. The van der Waals surface area contributed by atoms with E-state index in [0.717, 1.165) is 19.3 Å². The highest BCUT2D eigenvalue weighted by atomic mass is 35.5. The smallest absolute Gasteiger partial charge is 0.153 e. The van der Waals surface area contributed by atoms with Gasteiger partial charge in [-0.05, 0) is 12.8 Å². The molecule has 0 aromatic rings. The van der Waals surface area contributed by atoms with Crippen LogP contribution in [0.1, 0.15) is 38.5 Å². The molecule has 1 aliphatic rings. The number of nitriles is 2. The second kappa shape index (κ2) is 5.14. The van der Waals surface area contributed by atoms with E-state index in [1.165, 1.54) is 0 Å². The van der Waals surface area contributed by atoms with Crippen LogP contribution >= 0.6 is 11.6 Å². The Hall–Kier alpha value is -1.06. The van der Waals surface area contributed by atoms with Gasteiger partial charge >= 0.3 is 0 Å². The van der Waals surface area contributed by atoms with Gasteiger partial charge in [0.05, 0.1) is 12.1 Å². The Kier molecular flexibility index (Phi) is 4.12. The van der Waals surface area contributed by atoms with E-state index in [4.69, 9.17) is 22.1 Å². The van der Waals surface area contributed by atoms with Crippen molar-refractivity contribution in [2.45, 2.75) is 43.9 Å². The highest BCUT2D eigenvalue weighted by Gasteiger charge is 2.40. The molecule has 0 radical (unpaired) electrons. The highest BCUT2D eigenvalue weighted by molar-refractivity contribution is 6.22. The SMILES string of the molecule is N#C[C@H](Cl)C[C@]1(C#N)CCCCCC1=O. The molecule has 0 amide bonds. The van der Waals surface area contributed by atoms with Gasteiger partial charge in [0.15, 0.2) is 5.78 Å². The van der Waals surface area contributed by atoms with Crippen LogP contribution < -0.4 is 0 Å². The summed E-state index contributed by atoms with van der Waals surface area (Å²) in [5.41, 5.74) is -1.00. The third-order valence-corrected chi connectivity index (χ3v) is 3.17. The van der Waals surface area contributed by atoms with E-state index in [0.29, 0.717) is 12.8 Å². The molecule has 0 heterocycles. The molecule has 0 spiro atoms. The Morgan fingerprint density at radius 2 is 2.13 bits per heavy atom. The van der Waals surface area contributed by atoms with E-state index in [1.807, 2.05) is 6.07 Å². The maximum Gasteiger partial charge on any atom is 0.153 e. The third-order valence-electron chi connectivity index (χ3n) is 2.92. The molecule has 0 N–H and O–H groups in total. The highest BCUT2D eigenvalue weighted by Crippen LogP contribution is 2.36.